The molecular formula is C11H20N2O4S. The van der Waals surface area contributed by atoms with Crippen LogP contribution in [-0.4, -0.2) is 45.9 Å². The molecule has 1 N–H and O–H groups in total. The first kappa shape index (κ1) is 16.9. The van der Waals surface area contributed by atoms with E-state index in [0.717, 1.165) is 10.7 Å². The first-order chi connectivity index (χ1) is 8.44. The van der Waals surface area contributed by atoms with Gasteiger partial charge in [-0.05, 0) is 12.8 Å². The molecule has 0 aromatic carbocycles. The Kier molecular flexibility index (Phi) is 8.37. The summed E-state index contributed by atoms with van der Waals surface area (Å²) in [5, 5.41) is 0. The van der Waals surface area contributed by atoms with E-state index in [1.54, 1.807) is 0 Å². The van der Waals surface area contributed by atoms with Crippen LogP contribution in [0.3, 0.4) is 0 Å². The fourth-order valence-corrected chi connectivity index (χ4v) is 2.09. The van der Waals surface area contributed by atoms with Gasteiger partial charge in [0.25, 0.3) is 10.2 Å². The average molecular weight is 276 g/mol. The lowest BCUT2D eigenvalue weighted by molar-refractivity contribution is -0.140. The normalized spacial score (nSPS) is 11.2. The fraction of sp³-hybridized carbons (Fsp3) is 0.727. The van der Waals surface area contributed by atoms with Gasteiger partial charge in [0.1, 0.15) is 0 Å². The SMILES string of the molecule is C#CCCCCNS(=O)(=O)N(C)CCC(=O)OC. The second-order valence-corrected chi connectivity index (χ2v) is 5.57. The summed E-state index contributed by atoms with van der Waals surface area (Å²) in [6, 6.07) is 0. The minimum absolute atomic E-state index is 0.0327. The van der Waals surface area contributed by atoms with E-state index in [2.05, 4.69) is 15.4 Å². The lowest BCUT2D eigenvalue weighted by atomic mass is 10.2. The summed E-state index contributed by atoms with van der Waals surface area (Å²) in [4.78, 5) is 10.9. The van der Waals surface area contributed by atoms with E-state index < -0.39 is 16.2 Å². The van der Waals surface area contributed by atoms with Crippen LogP contribution >= 0.6 is 0 Å². The summed E-state index contributed by atoms with van der Waals surface area (Å²) in [6.07, 6.45) is 7.23. The molecule has 0 spiro atoms. The van der Waals surface area contributed by atoms with Crippen molar-refractivity contribution < 1.29 is 17.9 Å². The van der Waals surface area contributed by atoms with E-state index in [0.29, 0.717) is 19.4 Å². The maximum atomic E-state index is 11.7. The van der Waals surface area contributed by atoms with Gasteiger partial charge in [0, 0.05) is 26.6 Å². The molecule has 0 amide bonds. The summed E-state index contributed by atoms with van der Waals surface area (Å²) < 4.78 is 31.3. The number of unbranched alkanes of at least 4 members (excludes halogenated alkanes) is 2. The third-order valence-electron chi connectivity index (χ3n) is 2.30. The van der Waals surface area contributed by atoms with Gasteiger partial charge in [0.05, 0.1) is 13.5 Å². The summed E-state index contributed by atoms with van der Waals surface area (Å²) >= 11 is 0. The van der Waals surface area contributed by atoms with E-state index in [4.69, 9.17) is 6.42 Å². The Hall–Kier alpha value is -1.10. The van der Waals surface area contributed by atoms with Crippen LogP contribution in [0.4, 0.5) is 0 Å². The van der Waals surface area contributed by atoms with Crippen molar-refractivity contribution >= 4 is 16.2 Å². The zero-order chi connectivity index (χ0) is 14.0. The number of carbonyl (C=O) groups is 1. The highest BCUT2D eigenvalue weighted by Crippen LogP contribution is 1.98. The Morgan fingerprint density at radius 2 is 2.11 bits per heavy atom. The molecule has 0 atom stereocenters. The molecule has 7 heteroatoms. The number of terminal acetylenes is 1. The summed E-state index contributed by atoms with van der Waals surface area (Å²) in [6.45, 7) is 0.430. The average Bonchev–Trinajstić information content (AvgIpc) is 2.34. The zero-order valence-electron chi connectivity index (χ0n) is 10.8. The van der Waals surface area contributed by atoms with Crippen LogP contribution < -0.4 is 4.72 Å². The van der Waals surface area contributed by atoms with Gasteiger partial charge in [-0.15, -0.1) is 12.3 Å². The first-order valence-electron chi connectivity index (χ1n) is 5.65. The van der Waals surface area contributed by atoms with Gasteiger partial charge in [0.15, 0.2) is 0 Å². The van der Waals surface area contributed by atoms with E-state index in [9.17, 15) is 13.2 Å². The summed E-state index contributed by atoms with van der Waals surface area (Å²) in [5.41, 5.74) is 0. The molecule has 0 heterocycles. The number of nitrogens with zero attached hydrogens (tertiary/aromatic N) is 1. The number of methoxy groups -OCH3 is 1. The van der Waals surface area contributed by atoms with E-state index in [1.165, 1.54) is 14.2 Å². The molecule has 0 unspecified atom stereocenters. The Morgan fingerprint density at radius 3 is 2.67 bits per heavy atom. The van der Waals surface area contributed by atoms with Crippen molar-refractivity contribution in [2.24, 2.45) is 0 Å². The third-order valence-corrected chi connectivity index (χ3v) is 3.87. The molecule has 0 saturated heterocycles. The lowest BCUT2D eigenvalue weighted by Gasteiger charge is -2.16. The molecule has 0 bridgehead atoms. The summed E-state index contributed by atoms with van der Waals surface area (Å²) in [7, 11) is -0.854. The third kappa shape index (κ3) is 7.27. The van der Waals surface area contributed by atoms with Crippen molar-refractivity contribution in [3.8, 4) is 12.3 Å². The summed E-state index contributed by atoms with van der Waals surface area (Å²) in [5.74, 6) is 2.05. The van der Waals surface area contributed by atoms with Gasteiger partial charge >= 0.3 is 5.97 Å². The second kappa shape index (κ2) is 8.91. The molecule has 0 aromatic heterocycles. The molecule has 0 aliphatic rings. The van der Waals surface area contributed by atoms with Crippen LogP contribution in [0.25, 0.3) is 0 Å². The van der Waals surface area contributed by atoms with Gasteiger partial charge < -0.3 is 4.74 Å². The molecule has 0 aromatic rings. The Balaban J connectivity index is 3.97. The Labute approximate surface area is 109 Å². The highest BCUT2D eigenvalue weighted by atomic mass is 32.2. The van der Waals surface area contributed by atoms with Crippen molar-refractivity contribution in [3.63, 3.8) is 0 Å². The van der Waals surface area contributed by atoms with E-state index in [1.807, 2.05) is 0 Å². The molecule has 0 saturated carbocycles. The number of esters is 1. The standard InChI is InChI=1S/C11H20N2O4S/c1-4-5-6-7-9-12-18(15,16)13(2)10-8-11(14)17-3/h1,12H,5-10H2,2-3H3. The first-order valence-corrected chi connectivity index (χ1v) is 7.09. The highest BCUT2D eigenvalue weighted by molar-refractivity contribution is 7.87. The fourth-order valence-electron chi connectivity index (χ4n) is 1.13. The van der Waals surface area contributed by atoms with Crippen LogP contribution in [0.1, 0.15) is 25.7 Å². The maximum Gasteiger partial charge on any atom is 0.306 e. The molecule has 6 nitrogen and oxygen atoms in total. The largest absolute Gasteiger partial charge is 0.469 e. The van der Waals surface area contributed by atoms with Crippen LogP contribution in [0, 0.1) is 12.3 Å². The molecule has 0 radical (unpaired) electrons. The maximum absolute atomic E-state index is 11.7. The number of carbonyl (C=O) groups excluding carboxylic acids is 1. The van der Waals surface area contributed by atoms with Crippen LogP contribution in [-0.2, 0) is 19.7 Å². The predicted octanol–water partition coefficient (Wildman–Crippen LogP) is 0.119. The number of nitrogens with one attached hydrogen (secondary N) is 1. The zero-order valence-corrected chi connectivity index (χ0v) is 11.6. The number of rotatable bonds is 9. The molecule has 0 aliphatic heterocycles. The van der Waals surface area contributed by atoms with Gasteiger partial charge in [-0.25, -0.2) is 4.72 Å². The van der Waals surface area contributed by atoms with Crippen LogP contribution in [0.5, 0.6) is 0 Å². The van der Waals surface area contributed by atoms with Gasteiger partial charge in [-0.1, -0.05) is 0 Å². The number of hydrogen-bond acceptors (Lipinski definition) is 4. The van der Waals surface area contributed by atoms with Crippen molar-refractivity contribution in [2.45, 2.75) is 25.7 Å². The lowest BCUT2D eigenvalue weighted by Crippen LogP contribution is -2.39. The van der Waals surface area contributed by atoms with Crippen molar-refractivity contribution in [1.29, 1.82) is 0 Å². The monoisotopic (exact) mass is 276 g/mol. The van der Waals surface area contributed by atoms with Gasteiger partial charge in [-0.2, -0.15) is 12.7 Å². The molecule has 104 valence electrons. The molecule has 18 heavy (non-hydrogen) atoms. The minimum atomic E-state index is -3.53. The predicted molar refractivity (Wildman–Crippen MR) is 68.9 cm³/mol. The molecule has 0 aliphatic carbocycles. The van der Waals surface area contributed by atoms with Crippen LogP contribution in [0.15, 0.2) is 0 Å². The second-order valence-electron chi connectivity index (χ2n) is 3.71. The minimum Gasteiger partial charge on any atom is -0.469 e. The number of ether oxygens (including phenoxy) is 1. The van der Waals surface area contributed by atoms with Crippen molar-refractivity contribution in [3.05, 3.63) is 0 Å². The van der Waals surface area contributed by atoms with E-state index in [-0.39, 0.29) is 13.0 Å². The highest BCUT2D eigenvalue weighted by Gasteiger charge is 2.17. The quantitative estimate of drug-likeness (QED) is 0.369. The Bertz CT molecular complexity index is 386. The smallest absolute Gasteiger partial charge is 0.306 e. The Morgan fingerprint density at radius 1 is 1.44 bits per heavy atom. The van der Waals surface area contributed by atoms with Crippen LogP contribution in [0.2, 0.25) is 0 Å². The van der Waals surface area contributed by atoms with Gasteiger partial charge in [0.2, 0.25) is 0 Å². The molecular weight excluding hydrogens is 256 g/mol. The topological polar surface area (TPSA) is 75.7 Å². The van der Waals surface area contributed by atoms with Gasteiger partial charge in [-0.3, -0.25) is 4.79 Å². The number of hydrogen-bond donors (Lipinski definition) is 1. The van der Waals surface area contributed by atoms with Crippen molar-refractivity contribution in [2.75, 3.05) is 27.2 Å². The van der Waals surface area contributed by atoms with E-state index >= 15 is 0 Å². The van der Waals surface area contributed by atoms with Crippen molar-refractivity contribution in [1.82, 2.24) is 9.03 Å². The molecule has 0 rings (SSSR count). The molecule has 0 fully saturated rings.